The molecule has 4 rings (SSSR count). The fourth-order valence-electron chi connectivity index (χ4n) is 3.92. The Kier molecular flexibility index (Phi) is 4.86. The molecule has 2 aromatic carbocycles. The highest BCUT2D eigenvalue weighted by Gasteiger charge is 2.35. The number of aliphatic hydroxyl groups excluding tert-OH is 1. The van der Waals surface area contributed by atoms with Gasteiger partial charge in [0.1, 0.15) is 0 Å². The van der Waals surface area contributed by atoms with E-state index in [-0.39, 0.29) is 6.61 Å². The van der Waals surface area contributed by atoms with Gasteiger partial charge in [-0.05, 0) is 48.6 Å². The van der Waals surface area contributed by atoms with Gasteiger partial charge in [-0.3, -0.25) is 0 Å². The first-order valence-electron chi connectivity index (χ1n) is 9.47. The quantitative estimate of drug-likeness (QED) is 0.623. The minimum atomic E-state index is -0.411. The van der Waals surface area contributed by atoms with Crippen molar-refractivity contribution in [2.45, 2.75) is 50.5 Å². The molecule has 0 saturated heterocycles. The summed E-state index contributed by atoms with van der Waals surface area (Å²) < 4.78 is 6.98. The van der Waals surface area contributed by atoms with E-state index in [9.17, 15) is 5.11 Å². The SMILES string of the molecule is CCCCOc1nc2ccc3cc([C@H]4CC[C@](N)(CO)C4)ccc3c2s1. The Morgan fingerprint density at radius 2 is 2.23 bits per heavy atom. The molecule has 1 aromatic heterocycles. The van der Waals surface area contributed by atoms with Gasteiger partial charge in [0, 0.05) is 10.9 Å². The molecular formula is C21H26N2O2S. The number of benzene rings is 2. The van der Waals surface area contributed by atoms with E-state index >= 15 is 0 Å². The fourth-order valence-corrected chi connectivity index (χ4v) is 4.89. The van der Waals surface area contributed by atoms with E-state index in [1.54, 1.807) is 11.3 Å². The van der Waals surface area contributed by atoms with Crippen LogP contribution >= 0.6 is 11.3 Å². The van der Waals surface area contributed by atoms with E-state index < -0.39 is 5.54 Å². The van der Waals surface area contributed by atoms with Gasteiger partial charge < -0.3 is 15.6 Å². The Morgan fingerprint density at radius 1 is 1.35 bits per heavy atom. The highest BCUT2D eigenvalue weighted by Crippen LogP contribution is 2.41. The van der Waals surface area contributed by atoms with Gasteiger partial charge in [-0.25, -0.2) is 4.98 Å². The summed E-state index contributed by atoms with van der Waals surface area (Å²) >= 11 is 1.63. The second-order valence-electron chi connectivity index (χ2n) is 7.54. The first-order chi connectivity index (χ1) is 12.6. The monoisotopic (exact) mass is 370 g/mol. The minimum Gasteiger partial charge on any atom is -0.470 e. The summed E-state index contributed by atoms with van der Waals surface area (Å²) in [6.45, 7) is 2.96. The van der Waals surface area contributed by atoms with Crippen molar-refractivity contribution in [2.24, 2.45) is 5.73 Å². The lowest BCUT2D eigenvalue weighted by atomic mass is 9.92. The number of aromatic nitrogens is 1. The largest absolute Gasteiger partial charge is 0.470 e. The highest BCUT2D eigenvalue weighted by atomic mass is 32.1. The fraction of sp³-hybridized carbons (Fsp3) is 0.476. The van der Waals surface area contributed by atoms with Crippen LogP contribution in [-0.4, -0.2) is 28.8 Å². The summed E-state index contributed by atoms with van der Waals surface area (Å²) in [7, 11) is 0. The summed E-state index contributed by atoms with van der Waals surface area (Å²) in [4.78, 5) is 4.62. The second-order valence-corrected chi connectivity index (χ2v) is 8.50. The first-order valence-corrected chi connectivity index (χ1v) is 10.3. The van der Waals surface area contributed by atoms with Crippen LogP contribution in [0.4, 0.5) is 0 Å². The minimum absolute atomic E-state index is 0.0688. The van der Waals surface area contributed by atoms with Crippen LogP contribution in [0.25, 0.3) is 21.0 Å². The Morgan fingerprint density at radius 3 is 3.00 bits per heavy atom. The van der Waals surface area contributed by atoms with Crippen molar-refractivity contribution >= 4 is 32.3 Å². The molecule has 26 heavy (non-hydrogen) atoms. The Bertz CT molecular complexity index is 923. The molecule has 1 aliphatic carbocycles. The Labute approximate surface area is 158 Å². The van der Waals surface area contributed by atoms with E-state index in [0.29, 0.717) is 5.92 Å². The van der Waals surface area contributed by atoms with E-state index in [1.807, 2.05) is 0 Å². The number of nitrogens with two attached hydrogens (primary N) is 1. The molecule has 3 aromatic rings. The molecule has 1 fully saturated rings. The molecule has 1 aliphatic rings. The molecular weight excluding hydrogens is 344 g/mol. The number of ether oxygens (including phenoxy) is 1. The molecule has 4 nitrogen and oxygen atoms in total. The maximum atomic E-state index is 9.52. The van der Waals surface area contributed by atoms with E-state index in [0.717, 1.165) is 49.4 Å². The van der Waals surface area contributed by atoms with Crippen LogP contribution in [0.2, 0.25) is 0 Å². The molecule has 3 N–H and O–H groups in total. The highest BCUT2D eigenvalue weighted by molar-refractivity contribution is 7.21. The Balaban J connectivity index is 1.63. The van der Waals surface area contributed by atoms with Crippen molar-refractivity contribution < 1.29 is 9.84 Å². The zero-order valence-electron chi connectivity index (χ0n) is 15.2. The molecule has 0 amide bonds. The van der Waals surface area contributed by atoms with Crippen LogP contribution in [0.15, 0.2) is 30.3 Å². The molecule has 138 valence electrons. The van der Waals surface area contributed by atoms with Crippen LogP contribution in [-0.2, 0) is 0 Å². The molecule has 0 bridgehead atoms. The van der Waals surface area contributed by atoms with Crippen LogP contribution in [0, 0.1) is 0 Å². The molecule has 0 spiro atoms. The molecule has 0 radical (unpaired) electrons. The third-order valence-corrected chi connectivity index (χ3v) is 6.55. The lowest BCUT2D eigenvalue weighted by Crippen LogP contribution is -2.40. The molecule has 0 unspecified atom stereocenters. The summed E-state index contributed by atoms with van der Waals surface area (Å²) in [5, 5.41) is 12.7. The predicted octanol–water partition coefficient (Wildman–Crippen LogP) is 4.59. The number of hydrogen-bond donors (Lipinski definition) is 2. The first kappa shape index (κ1) is 17.7. The molecule has 1 heterocycles. The van der Waals surface area contributed by atoms with E-state index in [2.05, 4.69) is 42.2 Å². The number of rotatable bonds is 6. The summed E-state index contributed by atoms with van der Waals surface area (Å²) in [6.07, 6.45) is 4.96. The average molecular weight is 371 g/mol. The van der Waals surface area contributed by atoms with Gasteiger partial charge in [-0.2, -0.15) is 0 Å². The summed E-state index contributed by atoms with van der Waals surface area (Å²) in [5.74, 6) is 0.432. The number of nitrogens with zero attached hydrogens (tertiary/aromatic N) is 1. The zero-order chi connectivity index (χ0) is 18.1. The molecule has 2 atom stereocenters. The topological polar surface area (TPSA) is 68.4 Å². The lowest BCUT2D eigenvalue weighted by molar-refractivity contribution is 0.198. The van der Waals surface area contributed by atoms with Crippen LogP contribution < -0.4 is 10.5 Å². The van der Waals surface area contributed by atoms with E-state index in [4.69, 9.17) is 10.5 Å². The van der Waals surface area contributed by atoms with Crippen molar-refractivity contribution in [1.82, 2.24) is 4.98 Å². The van der Waals surface area contributed by atoms with Gasteiger partial charge in [-0.15, -0.1) is 0 Å². The Hall–Kier alpha value is -1.69. The van der Waals surface area contributed by atoms with Crippen molar-refractivity contribution in [2.75, 3.05) is 13.2 Å². The standard InChI is InChI=1S/C21H26N2O2S/c1-2-3-10-25-20-23-18-7-5-15-11-14(4-6-17(15)19(18)26-20)16-8-9-21(22,12-16)13-24/h4-7,11,16,24H,2-3,8-10,12-13,22H2,1H3/t16-,21+/m0/s1. The van der Waals surface area contributed by atoms with E-state index in [1.165, 1.54) is 21.0 Å². The summed E-state index contributed by atoms with van der Waals surface area (Å²) in [5.41, 5.74) is 8.17. The maximum Gasteiger partial charge on any atom is 0.274 e. The number of thiazole rings is 1. The number of unbranched alkanes of at least 4 members (excludes halogenated alkanes) is 1. The number of fused-ring (bicyclic) bond motifs is 3. The second kappa shape index (κ2) is 7.14. The van der Waals surface area contributed by atoms with Crippen molar-refractivity contribution in [3.05, 3.63) is 35.9 Å². The van der Waals surface area contributed by atoms with Gasteiger partial charge >= 0.3 is 0 Å². The van der Waals surface area contributed by atoms with Crippen molar-refractivity contribution in [3.8, 4) is 5.19 Å². The van der Waals surface area contributed by atoms with Gasteiger partial charge in [-0.1, -0.05) is 48.9 Å². The van der Waals surface area contributed by atoms with Crippen LogP contribution in [0.1, 0.15) is 50.5 Å². The number of aliphatic hydroxyl groups is 1. The third-order valence-electron chi connectivity index (χ3n) is 5.53. The van der Waals surface area contributed by atoms with Crippen LogP contribution in [0.3, 0.4) is 0 Å². The predicted molar refractivity (Wildman–Crippen MR) is 108 cm³/mol. The van der Waals surface area contributed by atoms with Crippen molar-refractivity contribution in [3.63, 3.8) is 0 Å². The average Bonchev–Trinajstić information content (AvgIpc) is 3.25. The smallest absolute Gasteiger partial charge is 0.274 e. The molecule has 5 heteroatoms. The van der Waals surface area contributed by atoms with Gasteiger partial charge in [0.15, 0.2) is 0 Å². The normalized spacial score (nSPS) is 23.1. The van der Waals surface area contributed by atoms with Gasteiger partial charge in [0.25, 0.3) is 5.19 Å². The summed E-state index contributed by atoms with van der Waals surface area (Å²) in [6, 6.07) is 10.9. The third kappa shape index (κ3) is 3.31. The van der Waals surface area contributed by atoms with Crippen molar-refractivity contribution in [1.29, 1.82) is 0 Å². The van der Waals surface area contributed by atoms with Crippen LogP contribution in [0.5, 0.6) is 5.19 Å². The maximum absolute atomic E-state index is 9.52. The van der Waals surface area contributed by atoms with Gasteiger partial charge in [0.05, 0.1) is 23.4 Å². The molecule has 0 aliphatic heterocycles. The van der Waals surface area contributed by atoms with Gasteiger partial charge in [0.2, 0.25) is 0 Å². The zero-order valence-corrected chi connectivity index (χ0v) is 16.0. The molecule has 1 saturated carbocycles. The number of hydrogen-bond acceptors (Lipinski definition) is 5. The lowest BCUT2D eigenvalue weighted by Gasteiger charge is -2.21.